The topological polar surface area (TPSA) is 416 Å². The Labute approximate surface area is 668 Å². The quantitative estimate of drug-likeness (QED) is 0.0293. The summed E-state index contributed by atoms with van der Waals surface area (Å²) in [5, 5.41) is 36.2. The minimum atomic E-state index is -3.60. The van der Waals surface area contributed by atoms with E-state index in [1.165, 1.54) is 8.61 Å². The molecule has 4 fully saturated rings. The van der Waals surface area contributed by atoms with Gasteiger partial charge in [0.15, 0.2) is 23.6 Å². The zero-order chi connectivity index (χ0) is 83.5. The van der Waals surface area contributed by atoms with Gasteiger partial charge >= 0.3 is 0 Å². The van der Waals surface area contributed by atoms with Gasteiger partial charge in [-0.1, -0.05) is 36.1 Å². The monoisotopic (exact) mass is 1670 g/mol. The molecule has 0 unspecified atom stereocenters. The highest BCUT2D eigenvalue weighted by atomic mass is 35.7. The second-order valence-corrected chi connectivity index (χ2v) is 34.7. The molecule has 0 aliphatic carbocycles. The number of alkyl halides is 2. The zero-order valence-corrected chi connectivity index (χ0v) is 71.4. The summed E-state index contributed by atoms with van der Waals surface area (Å²) in [6.45, 7) is 28.4. The smallest absolute Gasteiger partial charge is 0.232 e. The summed E-state index contributed by atoms with van der Waals surface area (Å²) in [5.41, 5.74) is 12.7. The number of hydrogen-bond donors (Lipinski definition) is 3. The molecule has 0 radical (unpaired) electrons. The van der Waals surface area contributed by atoms with Gasteiger partial charge in [-0.15, -0.1) is 23.2 Å². The Morgan fingerprint density at radius 3 is 0.866 bits per heavy atom. The molecule has 614 valence electrons. The van der Waals surface area contributed by atoms with Gasteiger partial charge in [-0.25, -0.2) is 25.3 Å². The van der Waals surface area contributed by atoms with E-state index in [1.807, 2.05) is 72.9 Å². The van der Waals surface area contributed by atoms with Crippen molar-refractivity contribution < 1.29 is 80.9 Å². The fraction of sp³-hybridized carbons (Fsp3) is 0.493. The van der Waals surface area contributed by atoms with Crippen molar-refractivity contribution in [1.29, 1.82) is 0 Å². The summed E-state index contributed by atoms with van der Waals surface area (Å²) in [6.07, 6.45) is 13.9. The summed E-state index contributed by atoms with van der Waals surface area (Å²) < 4.78 is 111. The number of carbonyl (C=O) groups excluding carboxylic acids is 5. The Balaban J connectivity index is 0.000000258. The van der Waals surface area contributed by atoms with Crippen molar-refractivity contribution in [3.63, 3.8) is 0 Å². The predicted octanol–water partition coefficient (Wildman–Crippen LogP) is 10.3. The van der Waals surface area contributed by atoms with Crippen LogP contribution < -0.4 is 16.0 Å². The van der Waals surface area contributed by atoms with Crippen LogP contribution in [0.15, 0.2) is 65.1 Å². The molecule has 0 spiro atoms. The number of ketones is 4. The van der Waals surface area contributed by atoms with Gasteiger partial charge in [0.2, 0.25) is 29.1 Å². The Morgan fingerprint density at radius 2 is 0.661 bits per heavy atom. The highest BCUT2D eigenvalue weighted by Crippen LogP contribution is 2.31. The van der Waals surface area contributed by atoms with Gasteiger partial charge in [0.05, 0.1) is 62.7 Å². The van der Waals surface area contributed by atoms with Crippen LogP contribution >= 0.6 is 33.9 Å². The molecule has 112 heavy (non-hydrogen) atoms. The Hall–Kier alpha value is -8.26. The van der Waals surface area contributed by atoms with Crippen LogP contribution in [0.1, 0.15) is 156 Å². The van der Waals surface area contributed by atoms with Crippen LogP contribution in [-0.2, 0) is 48.3 Å². The maximum absolute atomic E-state index is 13.3. The van der Waals surface area contributed by atoms with Crippen molar-refractivity contribution >= 4 is 129 Å². The fourth-order valence-corrected chi connectivity index (χ4v) is 15.5. The number of Topliss-reactive ketones (excluding diaryl/α,β-unsaturated/α-hetero) is 4. The first-order valence-corrected chi connectivity index (χ1v) is 42.5. The second-order valence-electron chi connectivity index (χ2n) is 26.8. The van der Waals surface area contributed by atoms with E-state index >= 15 is 0 Å². The zero-order valence-electron chi connectivity index (χ0n) is 66.7. The maximum Gasteiger partial charge on any atom is 0.232 e. The molecule has 7 aromatic rings. The molecular weight excluding hydrogens is 1570 g/mol. The maximum atomic E-state index is 13.3. The number of carbonyl (C=O) groups is 5. The van der Waals surface area contributed by atoms with Crippen molar-refractivity contribution in [2.75, 3.05) is 116 Å². The molecule has 11 heterocycles. The van der Waals surface area contributed by atoms with E-state index in [9.17, 15) is 49.2 Å². The number of rotatable bonds is 19. The number of nitrogens with one attached hydrogen (secondary N) is 3. The summed E-state index contributed by atoms with van der Waals surface area (Å²) in [6, 6.07) is 0. The highest BCUT2D eigenvalue weighted by molar-refractivity contribution is 8.13. The molecule has 7 aromatic heterocycles. The highest BCUT2D eigenvalue weighted by Gasteiger charge is 2.36. The van der Waals surface area contributed by atoms with Gasteiger partial charge in [-0.2, -0.15) is 8.61 Å². The van der Waals surface area contributed by atoms with Crippen LogP contribution in [0.4, 0.5) is 0 Å². The number of piperidine rings is 4. The van der Waals surface area contributed by atoms with Gasteiger partial charge in [0.25, 0.3) is 0 Å². The van der Waals surface area contributed by atoms with E-state index in [1.54, 1.807) is 93.5 Å². The molecule has 0 saturated carbocycles. The van der Waals surface area contributed by atoms with Crippen molar-refractivity contribution in [1.82, 2.24) is 65.6 Å². The average Bonchev–Trinajstić information content (AvgIpc) is 1.13. The summed E-state index contributed by atoms with van der Waals surface area (Å²) in [5.74, 6) is 4.77. The van der Waals surface area contributed by atoms with E-state index in [0.29, 0.717) is 181 Å². The molecule has 4 saturated heterocycles. The number of aromatic nitrogens is 7. The van der Waals surface area contributed by atoms with E-state index in [4.69, 9.17) is 65.5 Å². The lowest BCUT2D eigenvalue weighted by atomic mass is 9.95. The average molecular weight is 1680 g/mol. The van der Waals surface area contributed by atoms with Crippen LogP contribution in [0, 0.1) is 96.9 Å². The molecule has 0 atom stereocenters. The van der Waals surface area contributed by atoms with E-state index in [-0.39, 0.29) is 66.7 Å². The molecule has 3 N–H and O–H groups in total. The largest absolute Gasteiger partial charge is 0.361 e. The Kier molecular flexibility index (Phi) is 37.4. The summed E-state index contributed by atoms with van der Waals surface area (Å²) in [4.78, 5) is 61.9. The minimum Gasteiger partial charge on any atom is -0.361 e. The first-order valence-electron chi connectivity index (χ1n) is 35.7. The fourth-order valence-electron chi connectivity index (χ4n) is 11.2. The molecule has 37 heteroatoms. The molecule has 0 aromatic carbocycles. The Morgan fingerprint density at radius 1 is 0.411 bits per heavy atom. The van der Waals surface area contributed by atoms with Crippen LogP contribution in [-0.4, -0.2) is 220 Å². The first-order chi connectivity index (χ1) is 52.7. The van der Waals surface area contributed by atoms with Crippen LogP contribution in [0.5, 0.6) is 0 Å². The molecule has 4 aliphatic rings. The van der Waals surface area contributed by atoms with Gasteiger partial charge in [-0.05, 0) is 187 Å². The predicted molar refractivity (Wildman–Crippen MR) is 429 cm³/mol. The third kappa shape index (κ3) is 28.1. The molecule has 4 aliphatic heterocycles. The molecule has 0 amide bonds. The molecule has 31 nitrogen and oxygen atoms in total. The lowest BCUT2D eigenvalue weighted by molar-refractivity contribution is -0.120. The number of aldehydes is 1. The van der Waals surface area contributed by atoms with Gasteiger partial charge < -0.3 is 52.5 Å². The minimum absolute atomic E-state index is 0.00608. The summed E-state index contributed by atoms with van der Waals surface area (Å²) >= 11 is 10.9. The second kappa shape index (κ2) is 44.4. The standard InChI is InChI=1S/C22H30N4O5S.C20H24ClN3O5S.C17H19N3O3.C6H7NO2.C5H9NO.C3H6Cl2O2S.C2H7N/c1-14-20(16(3)30-23-14)10-18-12-26(32(28,29)9-7-8-25(5)6)13-19(22(18)27)11-21-15(2)24-31-17(21)4;1-12-18(14(3)28-22-12)8-16-10-24(30(26,27)7-5-6-21)11-17(20(16)25)9-19-13(2)23-29-15(19)4;1-9-15(11(3)22-19-9)5-13-7-18-8-14(17(13)21)6-16-10(2)20-23-12(16)4;1-4-6(3-8)5(2)9-7-4;7-5-1-3-6-4-2-5;4-2-1-3-8(5,6)7;1-3-2/h10-11H,7-9,12-13H2,1-6H3;8-9H,5-7,10-11H2,1-4H3;5-6,18H,7-8H2,1-4H3;3H,1-2H3;6H,1-4H2;1-3H2;3H,1-2H3/b18-10+,19-11+;16-8+,17-9+;13-5+,14-6+;;;;. The van der Waals surface area contributed by atoms with Gasteiger partial charge in [-0.3, -0.25) is 24.0 Å². The van der Waals surface area contributed by atoms with Gasteiger partial charge in [0.1, 0.15) is 46.1 Å². The number of hydrogen-bond acceptors (Lipinski definition) is 29. The first kappa shape index (κ1) is 94.3. The third-order valence-electron chi connectivity index (χ3n) is 17.4. The van der Waals surface area contributed by atoms with Crippen molar-refractivity contribution in [2.24, 2.45) is 0 Å². The van der Waals surface area contributed by atoms with Crippen molar-refractivity contribution in [2.45, 2.75) is 129 Å². The lowest BCUT2D eigenvalue weighted by Gasteiger charge is -2.29. The van der Waals surface area contributed by atoms with Crippen LogP contribution in [0.2, 0.25) is 0 Å². The molecule has 11 rings (SSSR count). The normalized spacial score (nSPS) is 17.3. The van der Waals surface area contributed by atoms with Crippen LogP contribution in [0.25, 0.3) is 36.5 Å². The SMILES string of the molecule is CNC.Cc1noc(C)c1/C=C1\CN(S(=O)(=O)CCCCl)C/C(=C\c2c(C)noc2C)C1=O.Cc1noc(C)c1/C=C1\CN(S(=O)(=O)CCCN(C)C)C/C(=C\c2c(C)noc2C)C1=O.Cc1noc(C)c1/C=C1\CNC/C(=C\c2c(C)noc2C)C1=O.Cc1noc(C)c1C=O.O=C1CCNCC1.O=S(=O)(Cl)CCCCl. The molecular formula is C75H102Cl3N13O18S3. The number of aryl methyl sites for hydroxylation is 14. The Bertz CT molecular complexity index is 4620. The van der Waals surface area contributed by atoms with Gasteiger partial charge in [0, 0.05) is 154 Å². The number of nitrogens with zero attached hydrogens (tertiary/aromatic N) is 10. The molecule has 0 bridgehead atoms. The number of sulfonamides is 2. The van der Waals surface area contributed by atoms with E-state index in [2.05, 4.69) is 52.0 Å². The van der Waals surface area contributed by atoms with E-state index in [0.717, 1.165) is 54.7 Å². The lowest BCUT2D eigenvalue weighted by Crippen LogP contribution is -2.43. The van der Waals surface area contributed by atoms with Crippen molar-refractivity contribution in [3.05, 3.63) is 153 Å². The van der Waals surface area contributed by atoms with E-state index < -0.39 is 29.1 Å². The van der Waals surface area contributed by atoms with Crippen molar-refractivity contribution in [3.8, 4) is 0 Å². The van der Waals surface area contributed by atoms with Crippen LogP contribution in [0.3, 0.4) is 0 Å². The number of halogens is 3. The summed E-state index contributed by atoms with van der Waals surface area (Å²) in [7, 11) is 1.92. The third-order valence-corrected chi connectivity index (χ3v) is 22.9.